The van der Waals surface area contributed by atoms with Gasteiger partial charge in [0.25, 0.3) is 0 Å². The Morgan fingerprint density at radius 1 is 1.22 bits per heavy atom. The van der Waals surface area contributed by atoms with E-state index >= 15 is 0 Å². The standard InChI is InChI=1S/C17H13ClN2O3/c1-11-2-3-13(9-19-11)17(21)22-10-15-8-16(20-23-15)12-4-6-14(18)7-5-12/h2-9H,10H2,1H3. The Morgan fingerprint density at radius 2 is 2.00 bits per heavy atom. The highest BCUT2D eigenvalue weighted by Gasteiger charge is 2.11. The van der Waals surface area contributed by atoms with Gasteiger partial charge in [-0.25, -0.2) is 4.79 Å². The van der Waals surface area contributed by atoms with E-state index in [4.69, 9.17) is 20.9 Å². The summed E-state index contributed by atoms with van der Waals surface area (Å²) >= 11 is 5.85. The third kappa shape index (κ3) is 3.76. The number of aryl methyl sites for hydroxylation is 1. The van der Waals surface area contributed by atoms with Gasteiger partial charge < -0.3 is 9.26 Å². The van der Waals surface area contributed by atoms with Crippen LogP contribution in [0.1, 0.15) is 21.8 Å². The summed E-state index contributed by atoms with van der Waals surface area (Å²) in [6, 6.07) is 12.4. The van der Waals surface area contributed by atoms with Crippen molar-refractivity contribution in [1.82, 2.24) is 10.1 Å². The van der Waals surface area contributed by atoms with Gasteiger partial charge in [-0.2, -0.15) is 0 Å². The third-order valence-corrected chi connectivity index (χ3v) is 3.44. The minimum atomic E-state index is -0.457. The summed E-state index contributed by atoms with van der Waals surface area (Å²) < 4.78 is 10.4. The van der Waals surface area contributed by atoms with E-state index in [0.717, 1.165) is 11.3 Å². The molecule has 5 nitrogen and oxygen atoms in total. The van der Waals surface area contributed by atoms with Crippen molar-refractivity contribution < 1.29 is 14.1 Å². The molecular weight excluding hydrogens is 316 g/mol. The minimum Gasteiger partial charge on any atom is -0.454 e. The van der Waals surface area contributed by atoms with Gasteiger partial charge in [0.05, 0.1) is 5.56 Å². The smallest absolute Gasteiger partial charge is 0.340 e. The van der Waals surface area contributed by atoms with E-state index < -0.39 is 5.97 Å². The van der Waals surface area contributed by atoms with Crippen LogP contribution in [0.25, 0.3) is 11.3 Å². The summed E-state index contributed by atoms with van der Waals surface area (Å²) in [6.45, 7) is 1.86. The van der Waals surface area contributed by atoms with Gasteiger partial charge in [-0.1, -0.05) is 28.9 Å². The first kappa shape index (κ1) is 15.2. The van der Waals surface area contributed by atoms with E-state index in [-0.39, 0.29) is 6.61 Å². The van der Waals surface area contributed by atoms with Gasteiger partial charge in [-0.3, -0.25) is 4.98 Å². The summed E-state index contributed by atoms with van der Waals surface area (Å²) in [5.41, 5.74) is 2.76. The zero-order valence-corrected chi connectivity index (χ0v) is 13.1. The predicted octanol–water partition coefficient (Wildman–Crippen LogP) is 4.06. The third-order valence-electron chi connectivity index (χ3n) is 3.19. The molecule has 3 rings (SSSR count). The molecule has 116 valence electrons. The molecule has 0 aliphatic heterocycles. The zero-order chi connectivity index (χ0) is 16.2. The van der Waals surface area contributed by atoms with Crippen LogP contribution in [0.5, 0.6) is 0 Å². The van der Waals surface area contributed by atoms with Crippen molar-refractivity contribution in [2.45, 2.75) is 13.5 Å². The largest absolute Gasteiger partial charge is 0.454 e. The number of carbonyl (C=O) groups excluding carboxylic acids is 1. The lowest BCUT2D eigenvalue weighted by molar-refractivity contribution is 0.0437. The molecule has 0 saturated carbocycles. The van der Waals surface area contributed by atoms with Gasteiger partial charge in [0.2, 0.25) is 0 Å². The van der Waals surface area contributed by atoms with Crippen molar-refractivity contribution in [3.8, 4) is 11.3 Å². The van der Waals surface area contributed by atoms with Gasteiger partial charge in [-0.05, 0) is 31.2 Å². The van der Waals surface area contributed by atoms with Crippen LogP contribution < -0.4 is 0 Å². The molecule has 0 bridgehead atoms. The van der Waals surface area contributed by atoms with E-state index in [1.807, 2.05) is 19.1 Å². The average Bonchev–Trinajstić information content (AvgIpc) is 3.03. The molecule has 6 heteroatoms. The van der Waals surface area contributed by atoms with E-state index in [2.05, 4.69) is 10.1 Å². The van der Waals surface area contributed by atoms with Crippen LogP contribution in [0.4, 0.5) is 0 Å². The first-order chi connectivity index (χ1) is 11.1. The summed E-state index contributed by atoms with van der Waals surface area (Å²) in [6.07, 6.45) is 1.48. The maximum atomic E-state index is 11.9. The molecule has 0 fully saturated rings. The Kier molecular flexibility index (Phi) is 4.39. The number of ether oxygens (including phenoxy) is 1. The molecule has 3 aromatic rings. The lowest BCUT2D eigenvalue weighted by atomic mass is 10.1. The van der Waals surface area contributed by atoms with Crippen molar-refractivity contribution in [3.63, 3.8) is 0 Å². The molecule has 0 aliphatic rings. The molecule has 0 radical (unpaired) electrons. The van der Waals surface area contributed by atoms with Crippen molar-refractivity contribution in [2.24, 2.45) is 0 Å². The maximum Gasteiger partial charge on any atom is 0.340 e. The van der Waals surface area contributed by atoms with Crippen LogP contribution >= 0.6 is 11.6 Å². The minimum absolute atomic E-state index is 0.00724. The maximum absolute atomic E-state index is 11.9. The topological polar surface area (TPSA) is 65.2 Å². The van der Waals surface area contributed by atoms with E-state index in [1.54, 1.807) is 30.3 Å². The SMILES string of the molecule is Cc1ccc(C(=O)OCc2cc(-c3ccc(Cl)cc3)no2)cn1. The normalized spacial score (nSPS) is 10.5. The molecule has 0 saturated heterocycles. The highest BCUT2D eigenvalue weighted by molar-refractivity contribution is 6.30. The van der Waals surface area contributed by atoms with Crippen molar-refractivity contribution in [2.75, 3.05) is 0 Å². The number of aromatic nitrogens is 2. The molecule has 23 heavy (non-hydrogen) atoms. The van der Waals surface area contributed by atoms with Gasteiger partial charge in [0.15, 0.2) is 12.4 Å². The van der Waals surface area contributed by atoms with Crippen LogP contribution in [0.2, 0.25) is 5.02 Å². The van der Waals surface area contributed by atoms with Crippen LogP contribution in [0.3, 0.4) is 0 Å². The molecule has 0 amide bonds. The highest BCUT2D eigenvalue weighted by atomic mass is 35.5. The molecule has 0 spiro atoms. The summed E-state index contributed by atoms with van der Waals surface area (Å²) in [7, 11) is 0. The van der Waals surface area contributed by atoms with E-state index in [9.17, 15) is 4.79 Å². The summed E-state index contributed by atoms with van der Waals surface area (Å²) in [5, 5.41) is 4.61. The van der Waals surface area contributed by atoms with Crippen LogP contribution in [0.15, 0.2) is 53.2 Å². The number of carbonyl (C=O) groups is 1. The van der Waals surface area contributed by atoms with Crippen LogP contribution in [-0.4, -0.2) is 16.1 Å². The monoisotopic (exact) mass is 328 g/mol. The molecule has 1 aromatic carbocycles. The van der Waals surface area contributed by atoms with Crippen LogP contribution in [0, 0.1) is 6.92 Å². The molecule has 2 heterocycles. The van der Waals surface area contributed by atoms with Gasteiger partial charge in [-0.15, -0.1) is 0 Å². The number of halogens is 1. The predicted molar refractivity (Wildman–Crippen MR) is 85.0 cm³/mol. The van der Waals surface area contributed by atoms with Crippen molar-refractivity contribution in [1.29, 1.82) is 0 Å². The van der Waals surface area contributed by atoms with Gasteiger partial charge in [0, 0.05) is 28.5 Å². The van der Waals surface area contributed by atoms with Crippen LogP contribution in [-0.2, 0) is 11.3 Å². The second-order valence-corrected chi connectivity index (χ2v) is 5.39. The number of hydrogen-bond donors (Lipinski definition) is 0. The average molecular weight is 329 g/mol. The molecule has 0 aliphatic carbocycles. The highest BCUT2D eigenvalue weighted by Crippen LogP contribution is 2.21. The quantitative estimate of drug-likeness (QED) is 0.676. The fourth-order valence-corrected chi connectivity index (χ4v) is 2.07. The number of rotatable bonds is 4. The Hall–Kier alpha value is -2.66. The molecule has 2 aromatic heterocycles. The lowest BCUT2D eigenvalue weighted by Gasteiger charge is -2.02. The molecular formula is C17H13ClN2O3. The van der Waals surface area contributed by atoms with Gasteiger partial charge in [0.1, 0.15) is 5.69 Å². The number of benzene rings is 1. The van der Waals surface area contributed by atoms with Gasteiger partial charge >= 0.3 is 5.97 Å². The summed E-state index contributed by atoms with van der Waals surface area (Å²) in [5.74, 6) is 0.00492. The molecule has 0 atom stereocenters. The van der Waals surface area contributed by atoms with Crippen molar-refractivity contribution >= 4 is 17.6 Å². The number of nitrogens with zero attached hydrogens (tertiary/aromatic N) is 2. The number of pyridine rings is 1. The fourth-order valence-electron chi connectivity index (χ4n) is 1.95. The Bertz CT molecular complexity index is 811. The summed E-state index contributed by atoms with van der Waals surface area (Å²) in [4.78, 5) is 16.0. The lowest BCUT2D eigenvalue weighted by Crippen LogP contribution is -2.05. The Balaban J connectivity index is 1.64. The number of esters is 1. The first-order valence-corrected chi connectivity index (χ1v) is 7.31. The van der Waals surface area contributed by atoms with E-state index in [0.29, 0.717) is 22.0 Å². The number of hydrogen-bond acceptors (Lipinski definition) is 5. The van der Waals surface area contributed by atoms with E-state index in [1.165, 1.54) is 6.20 Å². The first-order valence-electron chi connectivity index (χ1n) is 6.93. The van der Waals surface area contributed by atoms with Crippen molar-refractivity contribution in [3.05, 3.63) is 70.7 Å². The Morgan fingerprint density at radius 3 is 2.70 bits per heavy atom. The second kappa shape index (κ2) is 6.62. The molecule has 0 N–H and O–H groups in total. The Labute approximate surface area is 137 Å². The second-order valence-electron chi connectivity index (χ2n) is 4.95. The zero-order valence-electron chi connectivity index (χ0n) is 12.3. The fraction of sp³-hybridized carbons (Fsp3) is 0.118. The molecule has 0 unspecified atom stereocenters.